The zero-order chi connectivity index (χ0) is 14.7. The molecular formula is C14H19N3O3. The molecule has 6 heteroatoms. The molecule has 108 valence electrons. The Balaban J connectivity index is 2.04. The van der Waals surface area contributed by atoms with Crippen LogP contribution in [0.2, 0.25) is 0 Å². The van der Waals surface area contributed by atoms with Crippen LogP contribution >= 0.6 is 0 Å². The first-order valence-electron chi connectivity index (χ1n) is 6.66. The molecule has 2 unspecified atom stereocenters. The lowest BCUT2D eigenvalue weighted by Crippen LogP contribution is -2.30. The Hall–Kier alpha value is -2.11. The Morgan fingerprint density at radius 2 is 2.10 bits per heavy atom. The predicted octanol–water partition coefficient (Wildman–Crippen LogP) is 1.45. The summed E-state index contributed by atoms with van der Waals surface area (Å²) >= 11 is 0. The second-order valence-corrected chi connectivity index (χ2v) is 5.26. The first-order valence-corrected chi connectivity index (χ1v) is 6.66. The molecule has 1 aromatic rings. The fourth-order valence-corrected chi connectivity index (χ4v) is 2.48. The number of carbonyl (C=O) groups excluding carboxylic acids is 1. The van der Waals surface area contributed by atoms with E-state index >= 15 is 0 Å². The van der Waals surface area contributed by atoms with Crippen molar-refractivity contribution in [3.63, 3.8) is 0 Å². The van der Waals surface area contributed by atoms with E-state index in [1.807, 2.05) is 0 Å². The molecule has 0 spiro atoms. The number of hydrogen-bond acceptors (Lipinski definition) is 4. The smallest absolute Gasteiger partial charge is 0.308 e. The van der Waals surface area contributed by atoms with Crippen molar-refractivity contribution < 1.29 is 14.7 Å². The van der Waals surface area contributed by atoms with Crippen LogP contribution in [0.5, 0.6) is 0 Å². The van der Waals surface area contributed by atoms with E-state index in [1.54, 1.807) is 26.2 Å². The van der Waals surface area contributed by atoms with Crippen LogP contribution in [-0.4, -0.2) is 47.0 Å². The van der Waals surface area contributed by atoms with Gasteiger partial charge in [0, 0.05) is 26.3 Å². The lowest BCUT2D eigenvalue weighted by Gasteiger charge is -2.18. The molecular weight excluding hydrogens is 258 g/mol. The summed E-state index contributed by atoms with van der Waals surface area (Å²) in [6.45, 7) is 0. The van der Waals surface area contributed by atoms with Gasteiger partial charge in [-0.3, -0.25) is 9.59 Å². The summed E-state index contributed by atoms with van der Waals surface area (Å²) in [4.78, 5) is 28.5. The van der Waals surface area contributed by atoms with E-state index in [9.17, 15) is 9.59 Å². The zero-order valence-electron chi connectivity index (χ0n) is 11.7. The second kappa shape index (κ2) is 5.90. The fraction of sp³-hybridized carbons (Fsp3) is 0.500. The van der Waals surface area contributed by atoms with Crippen LogP contribution in [0.4, 0.5) is 5.82 Å². The maximum atomic E-state index is 11.7. The molecule has 1 heterocycles. The number of aromatic nitrogens is 1. The standard InChI is InChI=1S/C14H19N3O3/c1-17(2)13(18)9-6-7-12(15-8-9)16-11-5-3-4-10(11)14(19)20/h6-8,10-11H,3-5H2,1-2H3,(H,15,16)(H,19,20). The van der Waals surface area contributed by atoms with Gasteiger partial charge in [0.2, 0.25) is 0 Å². The largest absolute Gasteiger partial charge is 0.481 e. The maximum Gasteiger partial charge on any atom is 0.308 e. The Labute approximate surface area is 117 Å². The van der Waals surface area contributed by atoms with Crippen LogP contribution in [0, 0.1) is 5.92 Å². The summed E-state index contributed by atoms with van der Waals surface area (Å²) in [6.07, 6.45) is 3.95. The monoisotopic (exact) mass is 277 g/mol. The number of nitrogens with one attached hydrogen (secondary N) is 1. The van der Waals surface area contributed by atoms with Crippen LogP contribution in [0.15, 0.2) is 18.3 Å². The minimum Gasteiger partial charge on any atom is -0.481 e. The second-order valence-electron chi connectivity index (χ2n) is 5.26. The molecule has 0 bridgehead atoms. The Bertz CT molecular complexity index is 499. The van der Waals surface area contributed by atoms with Crippen molar-refractivity contribution in [1.82, 2.24) is 9.88 Å². The molecule has 0 saturated heterocycles. The third-order valence-electron chi connectivity index (χ3n) is 3.58. The van der Waals surface area contributed by atoms with Crippen LogP contribution in [0.3, 0.4) is 0 Å². The third kappa shape index (κ3) is 3.07. The van der Waals surface area contributed by atoms with Crippen molar-refractivity contribution in [3.8, 4) is 0 Å². The van der Waals surface area contributed by atoms with E-state index in [-0.39, 0.29) is 17.9 Å². The summed E-state index contributed by atoms with van der Waals surface area (Å²) in [7, 11) is 3.37. The molecule has 1 fully saturated rings. The van der Waals surface area contributed by atoms with E-state index in [2.05, 4.69) is 10.3 Å². The molecule has 6 nitrogen and oxygen atoms in total. The van der Waals surface area contributed by atoms with E-state index in [4.69, 9.17) is 5.11 Å². The molecule has 1 saturated carbocycles. The molecule has 2 N–H and O–H groups in total. The first-order chi connectivity index (χ1) is 9.49. The van der Waals surface area contributed by atoms with Gasteiger partial charge in [0.05, 0.1) is 11.5 Å². The van der Waals surface area contributed by atoms with Gasteiger partial charge in [0.1, 0.15) is 5.82 Å². The number of anilines is 1. The Kier molecular flexibility index (Phi) is 4.22. The van der Waals surface area contributed by atoms with Crippen molar-refractivity contribution in [1.29, 1.82) is 0 Å². The summed E-state index contributed by atoms with van der Waals surface area (Å²) in [5, 5.41) is 12.3. The number of carboxylic acid groups (broad SMARTS) is 1. The number of nitrogens with zero attached hydrogens (tertiary/aromatic N) is 2. The molecule has 20 heavy (non-hydrogen) atoms. The number of aliphatic carboxylic acids is 1. The van der Waals surface area contributed by atoms with Gasteiger partial charge in [-0.05, 0) is 25.0 Å². The van der Waals surface area contributed by atoms with Gasteiger partial charge < -0.3 is 15.3 Å². The molecule has 1 amide bonds. The first kappa shape index (κ1) is 14.3. The zero-order valence-corrected chi connectivity index (χ0v) is 11.7. The SMILES string of the molecule is CN(C)C(=O)c1ccc(NC2CCCC2C(=O)O)nc1. The number of rotatable bonds is 4. The lowest BCUT2D eigenvalue weighted by molar-refractivity contribution is -0.141. The number of carboxylic acids is 1. The molecule has 2 atom stereocenters. The number of carbonyl (C=O) groups is 2. The predicted molar refractivity (Wildman–Crippen MR) is 74.6 cm³/mol. The van der Waals surface area contributed by atoms with Crippen LogP contribution in [0.25, 0.3) is 0 Å². The van der Waals surface area contributed by atoms with Gasteiger partial charge in [-0.25, -0.2) is 4.98 Å². The highest BCUT2D eigenvalue weighted by Gasteiger charge is 2.32. The van der Waals surface area contributed by atoms with E-state index < -0.39 is 5.97 Å². The van der Waals surface area contributed by atoms with Gasteiger partial charge in [-0.2, -0.15) is 0 Å². The molecule has 0 aromatic carbocycles. The van der Waals surface area contributed by atoms with Gasteiger partial charge in [0.15, 0.2) is 0 Å². The minimum absolute atomic E-state index is 0.0876. The average molecular weight is 277 g/mol. The summed E-state index contributed by atoms with van der Waals surface area (Å²) in [5.74, 6) is -0.619. The van der Waals surface area contributed by atoms with Gasteiger partial charge in [-0.1, -0.05) is 6.42 Å². The van der Waals surface area contributed by atoms with Gasteiger partial charge >= 0.3 is 5.97 Å². The highest BCUT2D eigenvalue weighted by molar-refractivity contribution is 5.93. The number of amides is 1. The minimum atomic E-state index is -0.764. The van der Waals surface area contributed by atoms with Gasteiger partial charge in [0.25, 0.3) is 5.91 Å². The Morgan fingerprint density at radius 3 is 2.65 bits per heavy atom. The van der Waals surface area contributed by atoms with Crippen molar-refractivity contribution in [2.45, 2.75) is 25.3 Å². The summed E-state index contributed by atoms with van der Waals surface area (Å²) in [6, 6.07) is 3.33. The summed E-state index contributed by atoms with van der Waals surface area (Å²) in [5.41, 5.74) is 0.516. The topological polar surface area (TPSA) is 82.5 Å². The third-order valence-corrected chi connectivity index (χ3v) is 3.58. The van der Waals surface area contributed by atoms with Crippen molar-refractivity contribution in [2.24, 2.45) is 5.92 Å². The molecule has 0 aliphatic heterocycles. The normalized spacial score (nSPS) is 21.5. The number of hydrogen-bond donors (Lipinski definition) is 2. The molecule has 0 radical (unpaired) electrons. The van der Waals surface area contributed by atoms with Crippen molar-refractivity contribution in [3.05, 3.63) is 23.9 Å². The lowest BCUT2D eigenvalue weighted by atomic mass is 10.0. The molecule has 1 aliphatic rings. The summed E-state index contributed by atoms with van der Waals surface area (Å²) < 4.78 is 0. The number of pyridine rings is 1. The van der Waals surface area contributed by atoms with Crippen LogP contribution in [-0.2, 0) is 4.79 Å². The van der Waals surface area contributed by atoms with E-state index in [1.165, 1.54) is 11.1 Å². The van der Waals surface area contributed by atoms with Gasteiger partial charge in [-0.15, -0.1) is 0 Å². The quantitative estimate of drug-likeness (QED) is 0.870. The molecule has 1 aromatic heterocycles. The average Bonchev–Trinajstić information content (AvgIpc) is 2.87. The van der Waals surface area contributed by atoms with E-state index in [0.29, 0.717) is 17.8 Å². The highest BCUT2D eigenvalue weighted by atomic mass is 16.4. The fourth-order valence-electron chi connectivity index (χ4n) is 2.48. The van der Waals surface area contributed by atoms with E-state index in [0.717, 1.165) is 12.8 Å². The Morgan fingerprint density at radius 1 is 1.35 bits per heavy atom. The highest BCUT2D eigenvalue weighted by Crippen LogP contribution is 2.28. The van der Waals surface area contributed by atoms with Crippen molar-refractivity contribution >= 4 is 17.7 Å². The molecule has 1 aliphatic carbocycles. The van der Waals surface area contributed by atoms with Crippen LogP contribution < -0.4 is 5.32 Å². The van der Waals surface area contributed by atoms with Crippen LogP contribution in [0.1, 0.15) is 29.6 Å². The molecule has 2 rings (SSSR count). The maximum absolute atomic E-state index is 11.7. The van der Waals surface area contributed by atoms with Crippen molar-refractivity contribution in [2.75, 3.05) is 19.4 Å².